The number of morpholine rings is 1. The van der Waals surface area contributed by atoms with Gasteiger partial charge in [0.1, 0.15) is 12.4 Å². The minimum Gasteiger partial charge on any atom is -0.472 e. The molecule has 0 radical (unpaired) electrons. The van der Waals surface area contributed by atoms with Gasteiger partial charge in [0.25, 0.3) is 5.91 Å². The van der Waals surface area contributed by atoms with Gasteiger partial charge in [-0.15, -0.1) is 0 Å². The summed E-state index contributed by atoms with van der Waals surface area (Å²) in [5, 5.41) is 0. The molecule has 3 rings (SSSR count). The molecule has 23 heavy (non-hydrogen) atoms. The predicted octanol–water partition coefficient (Wildman–Crippen LogP) is 3.51. The highest BCUT2D eigenvalue weighted by Gasteiger charge is 2.37. The second-order valence-electron chi connectivity index (χ2n) is 5.21. The zero-order valence-electron chi connectivity index (χ0n) is 12.0. The van der Waals surface area contributed by atoms with Crippen molar-refractivity contribution in [3.63, 3.8) is 0 Å². The van der Waals surface area contributed by atoms with E-state index in [9.17, 15) is 18.0 Å². The molecule has 1 saturated heterocycles. The van der Waals surface area contributed by atoms with Crippen LogP contribution in [0.25, 0.3) is 0 Å². The van der Waals surface area contributed by atoms with Crippen molar-refractivity contribution in [2.75, 3.05) is 19.7 Å². The van der Waals surface area contributed by atoms with Gasteiger partial charge in [-0.3, -0.25) is 4.79 Å². The maximum absolute atomic E-state index is 13.1. The van der Waals surface area contributed by atoms with E-state index in [2.05, 4.69) is 0 Å². The molecule has 0 spiro atoms. The number of alkyl halides is 3. The third-order valence-electron chi connectivity index (χ3n) is 3.73. The molecule has 1 aliphatic heterocycles. The molecule has 1 fully saturated rings. The van der Waals surface area contributed by atoms with Gasteiger partial charge in [0.05, 0.1) is 30.5 Å². The number of ether oxygens (including phenoxy) is 1. The second-order valence-corrected chi connectivity index (χ2v) is 5.21. The fraction of sp³-hybridized carbons (Fsp3) is 0.312. The number of amides is 1. The Labute approximate surface area is 130 Å². The maximum Gasteiger partial charge on any atom is 0.416 e. The van der Waals surface area contributed by atoms with Crippen LogP contribution in [0.5, 0.6) is 0 Å². The van der Waals surface area contributed by atoms with Crippen LogP contribution in [-0.4, -0.2) is 30.5 Å². The number of halogens is 3. The van der Waals surface area contributed by atoms with Gasteiger partial charge >= 0.3 is 6.18 Å². The highest BCUT2D eigenvalue weighted by atomic mass is 19.4. The minimum absolute atomic E-state index is 0.0460. The van der Waals surface area contributed by atoms with E-state index in [0.29, 0.717) is 12.1 Å². The summed E-state index contributed by atoms with van der Waals surface area (Å²) in [7, 11) is 0. The van der Waals surface area contributed by atoms with Crippen molar-refractivity contribution < 1.29 is 27.1 Å². The van der Waals surface area contributed by atoms with E-state index >= 15 is 0 Å². The van der Waals surface area contributed by atoms with E-state index in [1.54, 1.807) is 0 Å². The van der Waals surface area contributed by atoms with Gasteiger partial charge in [-0.2, -0.15) is 13.2 Å². The quantitative estimate of drug-likeness (QED) is 0.848. The maximum atomic E-state index is 13.1. The van der Waals surface area contributed by atoms with E-state index in [1.807, 2.05) is 0 Å². The average molecular weight is 325 g/mol. The summed E-state index contributed by atoms with van der Waals surface area (Å²) in [5.74, 6) is -0.281. The van der Waals surface area contributed by atoms with Gasteiger partial charge in [-0.05, 0) is 17.7 Å². The fourth-order valence-electron chi connectivity index (χ4n) is 2.63. The predicted molar refractivity (Wildman–Crippen MR) is 74.7 cm³/mol. The summed E-state index contributed by atoms with van der Waals surface area (Å²) in [6.07, 6.45) is -2.57. The minimum atomic E-state index is -4.46. The summed E-state index contributed by atoms with van der Waals surface area (Å²) in [5.41, 5.74) is -0.318. The first kappa shape index (κ1) is 15.6. The lowest BCUT2D eigenvalue weighted by molar-refractivity contribution is -0.140. The lowest BCUT2D eigenvalue weighted by Crippen LogP contribution is -2.42. The Morgan fingerprint density at radius 3 is 2.70 bits per heavy atom. The van der Waals surface area contributed by atoms with Crippen molar-refractivity contribution in [2.45, 2.75) is 12.3 Å². The molecule has 1 unspecified atom stereocenters. The van der Waals surface area contributed by atoms with Crippen LogP contribution in [0, 0.1) is 0 Å². The molecule has 0 aliphatic carbocycles. The average Bonchev–Trinajstić information content (AvgIpc) is 3.08. The third kappa shape index (κ3) is 3.24. The molecule has 122 valence electrons. The molecule has 2 heterocycles. The number of carbonyl (C=O) groups excluding carboxylic acids is 1. The van der Waals surface area contributed by atoms with Crippen LogP contribution in [0.3, 0.4) is 0 Å². The Balaban J connectivity index is 1.84. The third-order valence-corrected chi connectivity index (χ3v) is 3.73. The van der Waals surface area contributed by atoms with Crippen LogP contribution in [0.15, 0.2) is 47.3 Å². The van der Waals surface area contributed by atoms with Crippen molar-refractivity contribution in [1.29, 1.82) is 0 Å². The monoisotopic (exact) mass is 325 g/mol. The fourth-order valence-corrected chi connectivity index (χ4v) is 2.63. The Bertz CT molecular complexity index is 682. The van der Waals surface area contributed by atoms with Crippen molar-refractivity contribution >= 4 is 5.91 Å². The summed E-state index contributed by atoms with van der Waals surface area (Å²) < 4.78 is 49.8. The molecule has 1 aromatic heterocycles. The molecule has 4 nitrogen and oxygen atoms in total. The van der Waals surface area contributed by atoms with Gasteiger partial charge in [-0.25, -0.2) is 0 Å². The Morgan fingerprint density at radius 2 is 2.00 bits per heavy atom. The van der Waals surface area contributed by atoms with Crippen LogP contribution >= 0.6 is 0 Å². The van der Waals surface area contributed by atoms with Crippen LogP contribution in [0.1, 0.15) is 27.6 Å². The SMILES string of the molecule is O=C(c1ccoc1)N1CCOC(c2ccccc2C(F)(F)F)C1. The second kappa shape index (κ2) is 6.08. The van der Waals surface area contributed by atoms with E-state index in [0.717, 1.165) is 6.07 Å². The Hall–Kier alpha value is -2.28. The molecular formula is C16H14F3NO3. The Morgan fingerprint density at radius 1 is 1.22 bits per heavy atom. The van der Waals surface area contributed by atoms with Crippen molar-refractivity contribution in [1.82, 2.24) is 4.90 Å². The molecule has 1 aliphatic rings. The summed E-state index contributed by atoms with van der Waals surface area (Å²) >= 11 is 0. The number of nitrogens with zero attached hydrogens (tertiary/aromatic N) is 1. The number of hydrogen-bond acceptors (Lipinski definition) is 3. The molecule has 1 amide bonds. The molecular weight excluding hydrogens is 311 g/mol. The molecule has 7 heteroatoms. The highest BCUT2D eigenvalue weighted by molar-refractivity contribution is 5.93. The first-order chi connectivity index (χ1) is 11.0. The summed E-state index contributed by atoms with van der Waals surface area (Å²) in [6.45, 7) is 0.576. The van der Waals surface area contributed by atoms with E-state index in [-0.39, 0.29) is 24.6 Å². The van der Waals surface area contributed by atoms with Gasteiger partial charge in [-0.1, -0.05) is 18.2 Å². The Kier molecular flexibility index (Phi) is 4.12. The van der Waals surface area contributed by atoms with E-state index in [1.165, 1.54) is 41.7 Å². The van der Waals surface area contributed by atoms with Crippen LogP contribution in [-0.2, 0) is 10.9 Å². The van der Waals surface area contributed by atoms with Crippen molar-refractivity contribution in [3.8, 4) is 0 Å². The number of carbonyl (C=O) groups is 1. The van der Waals surface area contributed by atoms with Gasteiger partial charge < -0.3 is 14.1 Å². The largest absolute Gasteiger partial charge is 0.472 e. The van der Waals surface area contributed by atoms with Crippen LogP contribution in [0.4, 0.5) is 13.2 Å². The van der Waals surface area contributed by atoms with E-state index < -0.39 is 17.8 Å². The topological polar surface area (TPSA) is 42.7 Å². The van der Waals surface area contributed by atoms with Crippen LogP contribution in [0.2, 0.25) is 0 Å². The lowest BCUT2D eigenvalue weighted by atomic mass is 10.0. The first-order valence-corrected chi connectivity index (χ1v) is 7.06. The van der Waals surface area contributed by atoms with Crippen LogP contribution < -0.4 is 0 Å². The van der Waals surface area contributed by atoms with Gasteiger partial charge in [0.15, 0.2) is 0 Å². The first-order valence-electron chi connectivity index (χ1n) is 7.06. The zero-order chi connectivity index (χ0) is 16.4. The smallest absolute Gasteiger partial charge is 0.416 e. The summed E-state index contributed by atoms with van der Waals surface area (Å²) in [4.78, 5) is 13.8. The van der Waals surface area contributed by atoms with Crippen molar-refractivity contribution in [2.24, 2.45) is 0 Å². The number of rotatable bonds is 2. The normalized spacial score (nSPS) is 18.9. The molecule has 0 N–H and O–H groups in total. The number of hydrogen-bond donors (Lipinski definition) is 0. The van der Waals surface area contributed by atoms with Crippen molar-refractivity contribution in [3.05, 3.63) is 59.5 Å². The molecule has 2 aromatic rings. The molecule has 1 aromatic carbocycles. The molecule has 0 saturated carbocycles. The number of benzene rings is 1. The van der Waals surface area contributed by atoms with Gasteiger partial charge in [0.2, 0.25) is 0 Å². The number of furan rings is 1. The molecule has 1 atom stereocenters. The standard InChI is InChI=1S/C16H14F3NO3/c17-16(18,19)13-4-2-1-3-12(13)14-9-20(6-8-23-14)15(21)11-5-7-22-10-11/h1-5,7,10,14H,6,8-9H2. The molecule has 0 bridgehead atoms. The van der Waals surface area contributed by atoms with E-state index in [4.69, 9.17) is 9.15 Å². The highest BCUT2D eigenvalue weighted by Crippen LogP contribution is 2.36. The lowest BCUT2D eigenvalue weighted by Gasteiger charge is -2.34. The zero-order valence-corrected chi connectivity index (χ0v) is 12.0. The summed E-state index contributed by atoms with van der Waals surface area (Å²) in [6, 6.07) is 6.81. The van der Waals surface area contributed by atoms with Gasteiger partial charge in [0, 0.05) is 6.54 Å².